The summed E-state index contributed by atoms with van der Waals surface area (Å²) in [5.41, 5.74) is 0. The van der Waals surface area contributed by atoms with Gasteiger partial charge in [0.1, 0.15) is 6.10 Å². The minimum atomic E-state index is -1.23. The molecule has 0 aliphatic heterocycles. The van der Waals surface area contributed by atoms with Crippen LogP contribution in [0.25, 0.3) is 0 Å². The smallest absolute Gasteiger partial charge is 0.342 e. The summed E-state index contributed by atoms with van der Waals surface area (Å²) in [6, 6.07) is 0. The molecule has 0 radical (unpaired) electrons. The van der Waals surface area contributed by atoms with Crippen molar-refractivity contribution in [3.05, 3.63) is 0 Å². The second kappa shape index (κ2) is 7.46. The first-order chi connectivity index (χ1) is 5.07. The van der Waals surface area contributed by atoms with Gasteiger partial charge in [0, 0.05) is 28.1 Å². The molecule has 0 saturated carbocycles. The van der Waals surface area contributed by atoms with Gasteiger partial charge in [0.15, 0.2) is 0 Å². The van der Waals surface area contributed by atoms with Crippen LogP contribution in [0, 0.1) is 0 Å². The molecule has 0 bridgehead atoms. The third-order valence-electron chi connectivity index (χ3n) is 1.01. The summed E-state index contributed by atoms with van der Waals surface area (Å²) in [6.07, 6.45) is -0.388. The van der Waals surface area contributed by atoms with Crippen LogP contribution in [0.15, 0.2) is 0 Å². The molecule has 0 rings (SSSR count). The van der Waals surface area contributed by atoms with Crippen LogP contribution >= 0.6 is 0 Å². The largest absolute Gasteiger partial charge is 0.391 e. The van der Waals surface area contributed by atoms with E-state index in [1.165, 1.54) is 6.92 Å². The molecule has 0 aliphatic rings. The normalized spacial score (nSPS) is 11.2. The third-order valence-corrected chi connectivity index (χ3v) is 1.01. The average molecular weight is 208 g/mol. The van der Waals surface area contributed by atoms with Crippen LogP contribution in [-0.2, 0) is 36.0 Å². The molecular weight excluding hydrogens is 196 g/mol. The number of hydrogen-bond acceptors (Lipinski definition) is 4. The topological polar surface area (TPSA) is 63.6 Å². The zero-order valence-corrected chi connectivity index (χ0v) is 8.73. The monoisotopic (exact) mass is 208 g/mol. The molecule has 0 saturated heterocycles. The van der Waals surface area contributed by atoms with Gasteiger partial charge in [0.25, 0.3) is 0 Å². The Morgan fingerprint density at radius 3 is 2.33 bits per heavy atom. The molecule has 1 unspecified atom stereocenters. The van der Waals surface area contributed by atoms with Gasteiger partial charge in [-0.15, -0.1) is 0 Å². The van der Waals surface area contributed by atoms with Crippen molar-refractivity contribution < 1.29 is 41.2 Å². The minimum Gasteiger partial charge on any atom is -0.391 e. The van der Waals surface area contributed by atoms with Gasteiger partial charge in [-0.2, -0.15) is 0 Å². The predicted octanol–water partition coefficient (Wildman–Crippen LogP) is 0.235. The van der Waals surface area contributed by atoms with Crippen LogP contribution in [0.3, 0.4) is 0 Å². The summed E-state index contributed by atoms with van der Waals surface area (Å²) in [5.74, 6) is -1.47. The van der Waals surface area contributed by atoms with Crippen molar-refractivity contribution in [1.82, 2.24) is 0 Å². The van der Waals surface area contributed by atoms with Gasteiger partial charge in [-0.1, -0.05) is 6.92 Å². The number of aliphatic hydroxyl groups excluding tert-OH is 1. The molecule has 1 atom stereocenters. The summed E-state index contributed by atoms with van der Waals surface area (Å²) in [4.78, 5) is 21.1. The van der Waals surface area contributed by atoms with Crippen LogP contribution in [0.2, 0.25) is 0 Å². The van der Waals surface area contributed by atoms with Crippen LogP contribution < -0.4 is 0 Å². The van der Waals surface area contributed by atoms with Crippen molar-refractivity contribution in [2.75, 3.05) is 0 Å². The van der Waals surface area contributed by atoms with E-state index >= 15 is 0 Å². The van der Waals surface area contributed by atoms with Crippen molar-refractivity contribution in [2.24, 2.45) is 0 Å². The van der Waals surface area contributed by atoms with E-state index in [2.05, 4.69) is 4.74 Å². The Kier molecular flexibility index (Phi) is 8.92. The number of carbonyl (C=O) groups is 2. The molecule has 5 heteroatoms. The molecule has 0 aromatic carbocycles. The molecular formula is C7H12O4Ti. The van der Waals surface area contributed by atoms with Crippen molar-refractivity contribution in [3.63, 3.8) is 0 Å². The number of esters is 2. The maximum absolute atomic E-state index is 10.6. The summed E-state index contributed by atoms with van der Waals surface area (Å²) in [6.45, 7) is 3.05. The van der Waals surface area contributed by atoms with E-state index < -0.39 is 18.0 Å². The molecule has 0 heterocycles. The van der Waals surface area contributed by atoms with Crippen molar-refractivity contribution in [2.45, 2.75) is 32.8 Å². The van der Waals surface area contributed by atoms with Gasteiger partial charge in [-0.05, 0) is 13.3 Å². The average Bonchev–Trinajstić information content (AvgIpc) is 1.87. The van der Waals surface area contributed by atoms with E-state index in [1.807, 2.05) is 0 Å². The SMILES string of the molecule is CCCC(=O)OC(=O)C(C)O.[Ti]. The fraction of sp³-hybridized carbons (Fsp3) is 0.714. The van der Waals surface area contributed by atoms with E-state index in [9.17, 15) is 9.59 Å². The second-order valence-electron chi connectivity index (χ2n) is 2.22. The van der Waals surface area contributed by atoms with Crippen LogP contribution in [-0.4, -0.2) is 23.1 Å². The number of carbonyl (C=O) groups excluding carboxylic acids is 2. The van der Waals surface area contributed by atoms with Gasteiger partial charge in [-0.25, -0.2) is 4.79 Å². The van der Waals surface area contributed by atoms with E-state index in [0.29, 0.717) is 6.42 Å². The van der Waals surface area contributed by atoms with Gasteiger partial charge in [-0.3, -0.25) is 4.79 Å². The fourth-order valence-electron chi connectivity index (χ4n) is 0.453. The first kappa shape index (κ1) is 14.3. The molecule has 1 N–H and O–H groups in total. The summed E-state index contributed by atoms with van der Waals surface area (Å²) >= 11 is 0. The zero-order valence-electron chi connectivity index (χ0n) is 7.16. The first-order valence-corrected chi connectivity index (χ1v) is 3.50. The Balaban J connectivity index is 0. The predicted molar refractivity (Wildman–Crippen MR) is 37.7 cm³/mol. The van der Waals surface area contributed by atoms with Gasteiger partial charge in [0.05, 0.1) is 0 Å². The zero-order chi connectivity index (χ0) is 8.85. The fourth-order valence-corrected chi connectivity index (χ4v) is 0.453. The van der Waals surface area contributed by atoms with Crippen LogP contribution in [0.1, 0.15) is 26.7 Å². The second-order valence-corrected chi connectivity index (χ2v) is 2.22. The molecule has 0 aromatic heterocycles. The number of aliphatic hydroxyl groups is 1. The molecule has 0 spiro atoms. The number of ether oxygens (including phenoxy) is 1. The van der Waals surface area contributed by atoms with Crippen molar-refractivity contribution >= 4 is 11.9 Å². The Bertz CT molecular complexity index is 155. The standard InChI is InChI=1S/C7H12O4.Ti/c1-3-4-6(9)11-7(10)5(2)8;/h5,8H,3-4H2,1-2H3;. The van der Waals surface area contributed by atoms with Crippen LogP contribution in [0.5, 0.6) is 0 Å². The summed E-state index contributed by atoms with van der Waals surface area (Å²) in [5, 5.41) is 8.61. The van der Waals surface area contributed by atoms with Gasteiger partial charge >= 0.3 is 11.9 Å². The minimum absolute atomic E-state index is 0. The van der Waals surface area contributed by atoms with Crippen molar-refractivity contribution in [3.8, 4) is 0 Å². The first-order valence-electron chi connectivity index (χ1n) is 3.50. The van der Waals surface area contributed by atoms with E-state index in [0.717, 1.165) is 0 Å². The Morgan fingerprint density at radius 1 is 1.50 bits per heavy atom. The molecule has 0 aliphatic carbocycles. The Labute approximate surface area is 86.2 Å². The molecule has 12 heavy (non-hydrogen) atoms. The van der Waals surface area contributed by atoms with E-state index in [1.54, 1.807) is 6.92 Å². The van der Waals surface area contributed by atoms with Gasteiger partial charge < -0.3 is 9.84 Å². The molecule has 4 nitrogen and oxygen atoms in total. The quantitative estimate of drug-likeness (QED) is 0.409. The Morgan fingerprint density at radius 2 is 2.00 bits per heavy atom. The Hall–Kier alpha value is -0.186. The van der Waals surface area contributed by atoms with E-state index in [4.69, 9.17) is 5.11 Å². The number of hydrogen-bond donors (Lipinski definition) is 1. The summed E-state index contributed by atoms with van der Waals surface area (Å²) in [7, 11) is 0. The third kappa shape index (κ3) is 6.52. The molecule has 0 fully saturated rings. The number of rotatable bonds is 3. The summed E-state index contributed by atoms with van der Waals surface area (Å²) < 4.78 is 4.22. The molecule has 0 amide bonds. The van der Waals surface area contributed by atoms with E-state index in [-0.39, 0.29) is 28.1 Å². The van der Waals surface area contributed by atoms with Crippen molar-refractivity contribution in [1.29, 1.82) is 0 Å². The molecule has 0 aromatic rings. The molecule has 68 valence electrons. The van der Waals surface area contributed by atoms with Gasteiger partial charge in [0.2, 0.25) is 0 Å². The maximum atomic E-state index is 10.6. The van der Waals surface area contributed by atoms with Crippen LogP contribution in [0.4, 0.5) is 0 Å². The maximum Gasteiger partial charge on any atom is 0.342 e.